The van der Waals surface area contributed by atoms with Crippen LogP contribution >= 0.6 is 23.2 Å². The normalized spacial score (nSPS) is 22.1. The Morgan fingerprint density at radius 2 is 1.91 bits per heavy atom. The topological polar surface area (TPSA) is 46.6 Å². The Morgan fingerprint density at radius 1 is 1.22 bits per heavy atom. The number of hydrogen-bond acceptors (Lipinski definition) is 3. The summed E-state index contributed by atoms with van der Waals surface area (Å²) in [6.45, 7) is 8.50. The van der Waals surface area contributed by atoms with Gasteiger partial charge in [0.2, 0.25) is 6.41 Å². The van der Waals surface area contributed by atoms with Crippen LogP contribution in [-0.4, -0.2) is 35.3 Å². The predicted octanol–water partition coefficient (Wildman–Crippen LogP) is 6.79. The van der Waals surface area contributed by atoms with Gasteiger partial charge in [-0.25, -0.2) is 0 Å². The molecule has 0 N–H and O–H groups in total. The van der Waals surface area contributed by atoms with E-state index in [1.165, 1.54) is 0 Å². The van der Waals surface area contributed by atoms with Crippen molar-refractivity contribution in [1.29, 1.82) is 0 Å². The van der Waals surface area contributed by atoms with Gasteiger partial charge in [-0.15, -0.1) is 0 Å². The minimum absolute atomic E-state index is 0.195. The van der Waals surface area contributed by atoms with Crippen LogP contribution in [0.5, 0.6) is 0 Å². The van der Waals surface area contributed by atoms with Gasteiger partial charge in [0, 0.05) is 16.6 Å². The molecule has 0 atom stereocenters. The summed E-state index contributed by atoms with van der Waals surface area (Å²) in [4.78, 5) is 25.6. The minimum atomic E-state index is -0.724. The Bertz CT molecular complexity index is 834. The standard InChI is InChI=1S/C26H35Cl2NO3/c1-20(32-25(2,3)4)7-5-6-8-21-11-14-26(18-30,15-12-21)29(19-31)16-13-22-9-10-23(27)17-24(22)28/h5-7,9-10,17-19,21H,8,11-16H2,1-4H3/b6-5-,20-7+. The van der Waals surface area contributed by atoms with Gasteiger partial charge in [0.25, 0.3) is 0 Å². The number of halogens is 2. The zero-order valence-electron chi connectivity index (χ0n) is 19.6. The van der Waals surface area contributed by atoms with Gasteiger partial charge < -0.3 is 14.4 Å². The summed E-state index contributed by atoms with van der Waals surface area (Å²) in [6.07, 6.45) is 12.7. The third kappa shape index (κ3) is 7.97. The Labute approximate surface area is 202 Å². The Balaban J connectivity index is 1.90. The number of rotatable bonds is 10. The first kappa shape index (κ1) is 26.5. The number of aldehydes is 1. The highest BCUT2D eigenvalue weighted by Gasteiger charge is 2.39. The third-order valence-corrected chi connectivity index (χ3v) is 6.52. The molecule has 2 rings (SSSR count). The molecule has 0 heterocycles. The summed E-state index contributed by atoms with van der Waals surface area (Å²) < 4.78 is 5.80. The molecule has 1 aliphatic carbocycles. The van der Waals surface area contributed by atoms with Gasteiger partial charge in [-0.2, -0.15) is 0 Å². The van der Waals surface area contributed by atoms with Gasteiger partial charge >= 0.3 is 0 Å². The number of allylic oxidation sites excluding steroid dienone is 4. The van der Waals surface area contributed by atoms with E-state index >= 15 is 0 Å². The lowest BCUT2D eigenvalue weighted by Gasteiger charge is -2.42. The van der Waals surface area contributed by atoms with E-state index in [9.17, 15) is 9.59 Å². The molecule has 0 bridgehead atoms. The molecule has 1 aliphatic rings. The maximum atomic E-state index is 12.1. The number of ether oxygens (including phenoxy) is 1. The van der Waals surface area contributed by atoms with E-state index in [1.807, 2.05) is 45.9 Å². The smallest absolute Gasteiger partial charge is 0.210 e. The Kier molecular flexibility index (Phi) is 9.84. The van der Waals surface area contributed by atoms with Crippen molar-refractivity contribution >= 4 is 35.9 Å². The van der Waals surface area contributed by atoms with Crippen LogP contribution < -0.4 is 0 Å². The molecule has 32 heavy (non-hydrogen) atoms. The van der Waals surface area contributed by atoms with Crippen LogP contribution in [0, 0.1) is 5.92 Å². The molecule has 6 heteroatoms. The van der Waals surface area contributed by atoms with Gasteiger partial charge in [0.1, 0.15) is 11.9 Å². The van der Waals surface area contributed by atoms with Crippen LogP contribution in [0.3, 0.4) is 0 Å². The van der Waals surface area contributed by atoms with E-state index in [0.29, 0.717) is 41.8 Å². The first-order valence-electron chi connectivity index (χ1n) is 11.2. The van der Waals surface area contributed by atoms with Crippen LogP contribution in [0.2, 0.25) is 10.0 Å². The molecular formula is C26H35Cl2NO3. The van der Waals surface area contributed by atoms with E-state index in [-0.39, 0.29) is 5.60 Å². The highest BCUT2D eigenvalue weighted by molar-refractivity contribution is 6.35. The fourth-order valence-corrected chi connectivity index (χ4v) is 4.73. The quantitative estimate of drug-likeness (QED) is 0.211. The van der Waals surface area contributed by atoms with Crippen molar-refractivity contribution < 1.29 is 14.3 Å². The van der Waals surface area contributed by atoms with Crippen LogP contribution in [0.15, 0.2) is 42.2 Å². The largest absolute Gasteiger partial charge is 0.493 e. The minimum Gasteiger partial charge on any atom is -0.493 e. The second-order valence-electron chi connectivity index (χ2n) is 9.60. The maximum absolute atomic E-state index is 12.1. The van der Waals surface area contributed by atoms with E-state index in [0.717, 1.165) is 43.3 Å². The van der Waals surface area contributed by atoms with Gasteiger partial charge in [0.15, 0.2) is 0 Å². The van der Waals surface area contributed by atoms with Crippen LogP contribution in [0.4, 0.5) is 0 Å². The van der Waals surface area contributed by atoms with E-state index in [4.69, 9.17) is 27.9 Å². The van der Waals surface area contributed by atoms with Crippen molar-refractivity contribution in [2.75, 3.05) is 6.54 Å². The van der Waals surface area contributed by atoms with Crippen LogP contribution in [0.1, 0.15) is 65.4 Å². The fourth-order valence-electron chi connectivity index (χ4n) is 4.22. The van der Waals surface area contributed by atoms with Gasteiger partial charge in [-0.1, -0.05) is 41.4 Å². The van der Waals surface area contributed by atoms with Crippen molar-refractivity contribution in [3.05, 3.63) is 57.8 Å². The molecule has 0 aromatic heterocycles. The zero-order valence-corrected chi connectivity index (χ0v) is 21.1. The predicted molar refractivity (Wildman–Crippen MR) is 132 cm³/mol. The SMILES string of the molecule is C/C(=C\C=C/CC1CCC(C=O)(N(C=O)CCc2ccc(Cl)cc2Cl)CC1)OC(C)(C)C. The molecule has 0 unspecified atom stereocenters. The van der Waals surface area contributed by atoms with Crippen molar-refractivity contribution in [2.45, 2.75) is 77.4 Å². The van der Waals surface area contributed by atoms with Gasteiger partial charge in [0.05, 0.1) is 11.3 Å². The van der Waals surface area contributed by atoms with E-state index < -0.39 is 5.54 Å². The molecule has 0 radical (unpaired) electrons. The average molecular weight is 480 g/mol. The number of carbonyl (C=O) groups is 2. The van der Waals surface area contributed by atoms with Crippen molar-refractivity contribution in [3.8, 4) is 0 Å². The molecule has 1 aromatic rings. The second-order valence-corrected chi connectivity index (χ2v) is 10.4. The zero-order chi connectivity index (χ0) is 23.8. The first-order valence-corrected chi connectivity index (χ1v) is 12.0. The number of amides is 1. The van der Waals surface area contributed by atoms with Crippen molar-refractivity contribution in [1.82, 2.24) is 4.90 Å². The molecule has 0 saturated heterocycles. The molecular weight excluding hydrogens is 445 g/mol. The fraction of sp³-hybridized carbons (Fsp3) is 0.538. The third-order valence-electron chi connectivity index (χ3n) is 5.93. The van der Waals surface area contributed by atoms with Gasteiger partial charge in [-0.05, 0) is 95.9 Å². The van der Waals surface area contributed by atoms with Crippen LogP contribution in [-0.2, 0) is 20.7 Å². The molecule has 176 valence electrons. The number of nitrogens with zero attached hydrogens (tertiary/aromatic N) is 1. The molecule has 0 spiro atoms. The summed E-state index contributed by atoms with van der Waals surface area (Å²) in [5.41, 5.74) is -0.00131. The maximum Gasteiger partial charge on any atom is 0.210 e. The summed E-state index contributed by atoms with van der Waals surface area (Å²) >= 11 is 12.2. The number of carbonyl (C=O) groups excluding carboxylic acids is 2. The second kappa shape index (κ2) is 11.9. The monoisotopic (exact) mass is 479 g/mol. The van der Waals surface area contributed by atoms with Crippen molar-refractivity contribution in [2.24, 2.45) is 5.92 Å². The van der Waals surface area contributed by atoms with E-state index in [1.54, 1.807) is 17.0 Å². The van der Waals surface area contributed by atoms with Crippen LogP contribution in [0.25, 0.3) is 0 Å². The molecule has 4 nitrogen and oxygen atoms in total. The highest BCUT2D eigenvalue weighted by Crippen LogP contribution is 2.36. The Hall–Kier alpha value is -1.78. The van der Waals surface area contributed by atoms with Gasteiger partial charge in [-0.3, -0.25) is 4.79 Å². The molecule has 1 fully saturated rings. The number of hydrogen-bond donors (Lipinski definition) is 0. The highest BCUT2D eigenvalue weighted by atomic mass is 35.5. The summed E-state index contributed by atoms with van der Waals surface area (Å²) in [6, 6.07) is 5.35. The lowest BCUT2D eigenvalue weighted by Crippen LogP contribution is -2.52. The first-order chi connectivity index (χ1) is 15.1. The lowest BCUT2D eigenvalue weighted by atomic mass is 9.75. The summed E-state index contributed by atoms with van der Waals surface area (Å²) in [5, 5.41) is 1.16. The average Bonchev–Trinajstić information content (AvgIpc) is 2.72. The molecule has 1 amide bonds. The molecule has 1 aromatic carbocycles. The van der Waals surface area contributed by atoms with E-state index in [2.05, 4.69) is 6.08 Å². The van der Waals surface area contributed by atoms with Crippen molar-refractivity contribution in [3.63, 3.8) is 0 Å². The Morgan fingerprint density at radius 3 is 2.47 bits per heavy atom. The summed E-state index contributed by atoms with van der Waals surface area (Å²) in [5.74, 6) is 1.40. The summed E-state index contributed by atoms with van der Waals surface area (Å²) in [7, 11) is 0. The lowest BCUT2D eigenvalue weighted by molar-refractivity contribution is -0.134. The number of benzene rings is 1. The molecule has 0 aliphatic heterocycles. The molecule has 1 saturated carbocycles.